The Kier molecular flexibility index (Phi) is 1.82. The first-order valence-corrected chi connectivity index (χ1v) is 4.32. The lowest BCUT2D eigenvalue weighted by atomic mass is 9.97. The number of nitrogens with one attached hydrogen (secondary N) is 1. The van der Waals surface area contributed by atoms with E-state index in [1.165, 1.54) is 6.42 Å². The van der Waals surface area contributed by atoms with Gasteiger partial charge in [-0.1, -0.05) is 0 Å². The molecule has 11 heavy (non-hydrogen) atoms. The molecule has 1 N–H and O–H groups in total. The maximum absolute atomic E-state index is 11.0. The van der Waals surface area contributed by atoms with Gasteiger partial charge in [0.1, 0.15) is 0 Å². The van der Waals surface area contributed by atoms with Crippen LogP contribution in [0.25, 0.3) is 0 Å². The minimum absolute atomic E-state index is 0.0805. The third-order valence-electron chi connectivity index (χ3n) is 2.33. The van der Waals surface area contributed by atoms with Gasteiger partial charge in [-0.2, -0.15) is 0 Å². The molecule has 0 aliphatic heterocycles. The molecule has 2 fully saturated rings. The lowest BCUT2D eigenvalue weighted by Crippen LogP contribution is -2.34. The molecule has 0 heterocycles. The van der Waals surface area contributed by atoms with Gasteiger partial charge in [0.2, 0.25) is 5.91 Å². The Labute approximate surface area is 66.1 Å². The summed E-state index contributed by atoms with van der Waals surface area (Å²) < 4.78 is 0. The van der Waals surface area contributed by atoms with E-state index in [4.69, 9.17) is 4.84 Å². The zero-order valence-electron chi connectivity index (χ0n) is 6.51. The second-order valence-corrected chi connectivity index (χ2v) is 3.41. The Morgan fingerprint density at radius 3 is 2.45 bits per heavy atom. The average Bonchev–Trinajstić information content (AvgIpc) is 2.64. The highest BCUT2D eigenvalue weighted by molar-refractivity contribution is 5.79. The van der Waals surface area contributed by atoms with E-state index in [0.717, 1.165) is 25.7 Å². The molecule has 2 rings (SSSR count). The maximum atomic E-state index is 11.0. The number of hydrogen-bond donors (Lipinski definition) is 1. The normalized spacial score (nSPS) is 24.4. The van der Waals surface area contributed by atoms with Crippen LogP contribution in [0.4, 0.5) is 0 Å². The standard InChI is InChI=1S/C8H13NO2/c10-8(6-4-5-6)9-11-7-2-1-3-7/h6-7H,1-5H2,(H,9,10). The van der Waals surface area contributed by atoms with E-state index in [2.05, 4.69) is 5.48 Å². The van der Waals surface area contributed by atoms with Gasteiger partial charge in [0, 0.05) is 5.92 Å². The predicted molar refractivity (Wildman–Crippen MR) is 39.6 cm³/mol. The number of carbonyl (C=O) groups is 1. The summed E-state index contributed by atoms with van der Waals surface area (Å²) in [6.07, 6.45) is 5.83. The van der Waals surface area contributed by atoms with E-state index in [9.17, 15) is 4.79 Å². The van der Waals surface area contributed by atoms with Crippen molar-refractivity contribution in [2.45, 2.75) is 38.2 Å². The molecule has 2 saturated carbocycles. The molecule has 0 aromatic heterocycles. The van der Waals surface area contributed by atoms with Crippen molar-refractivity contribution in [1.82, 2.24) is 5.48 Å². The molecule has 0 bridgehead atoms. The monoisotopic (exact) mass is 155 g/mol. The fraction of sp³-hybridized carbons (Fsp3) is 0.875. The number of amides is 1. The first-order valence-electron chi connectivity index (χ1n) is 4.32. The maximum Gasteiger partial charge on any atom is 0.246 e. The Hall–Kier alpha value is -0.570. The van der Waals surface area contributed by atoms with Gasteiger partial charge in [0.25, 0.3) is 0 Å². The van der Waals surface area contributed by atoms with Crippen molar-refractivity contribution in [3.8, 4) is 0 Å². The molecule has 2 aliphatic carbocycles. The fourth-order valence-electron chi connectivity index (χ4n) is 1.06. The zero-order valence-corrected chi connectivity index (χ0v) is 6.51. The molecule has 0 saturated heterocycles. The molecule has 2 aliphatic rings. The quantitative estimate of drug-likeness (QED) is 0.617. The molecule has 0 aromatic rings. The van der Waals surface area contributed by atoms with Crippen LogP contribution in [0.1, 0.15) is 32.1 Å². The Morgan fingerprint density at radius 2 is 2.00 bits per heavy atom. The molecule has 0 aromatic carbocycles. The first-order chi connectivity index (χ1) is 5.36. The van der Waals surface area contributed by atoms with Crippen LogP contribution in [0, 0.1) is 5.92 Å². The molecule has 1 amide bonds. The number of rotatable bonds is 3. The molecule has 0 spiro atoms. The average molecular weight is 155 g/mol. The van der Waals surface area contributed by atoms with E-state index < -0.39 is 0 Å². The van der Waals surface area contributed by atoms with Crippen molar-refractivity contribution < 1.29 is 9.63 Å². The van der Waals surface area contributed by atoms with Crippen LogP contribution in [-0.4, -0.2) is 12.0 Å². The number of hydroxylamine groups is 1. The largest absolute Gasteiger partial charge is 0.273 e. The van der Waals surface area contributed by atoms with E-state index in [0.29, 0.717) is 6.10 Å². The third-order valence-corrected chi connectivity index (χ3v) is 2.33. The molecule has 0 atom stereocenters. The summed E-state index contributed by atoms with van der Waals surface area (Å²) in [4.78, 5) is 16.2. The van der Waals surface area contributed by atoms with E-state index in [1.807, 2.05) is 0 Å². The van der Waals surface area contributed by atoms with Crippen LogP contribution >= 0.6 is 0 Å². The van der Waals surface area contributed by atoms with E-state index in [-0.39, 0.29) is 11.8 Å². The highest BCUT2D eigenvalue weighted by atomic mass is 16.7. The lowest BCUT2D eigenvalue weighted by Gasteiger charge is -2.24. The van der Waals surface area contributed by atoms with Crippen molar-refractivity contribution in [3.63, 3.8) is 0 Å². The summed E-state index contributed by atoms with van der Waals surface area (Å²) in [5.41, 5.74) is 2.51. The van der Waals surface area contributed by atoms with Crippen LogP contribution in [0.5, 0.6) is 0 Å². The lowest BCUT2D eigenvalue weighted by molar-refractivity contribution is -0.144. The van der Waals surface area contributed by atoms with Crippen LogP contribution in [0.2, 0.25) is 0 Å². The Balaban J connectivity index is 1.60. The van der Waals surface area contributed by atoms with Gasteiger partial charge in [-0.3, -0.25) is 9.63 Å². The van der Waals surface area contributed by atoms with Crippen LogP contribution < -0.4 is 5.48 Å². The smallest absolute Gasteiger partial charge is 0.246 e. The van der Waals surface area contributed by atoms with Crippen LogP contribution in [-0.2, 0) is 9.63 Å². The fourth-order valence-corrected chi connectivity index (χ4v) is 1.06. The summed E-state index contributed by atoms with van der Waals surface area (Å²) in [5, 5.41) is 0. The van der Waals surface area contributed by atoms with Crippen molar-refractivity contribution in [3.05, 3.63) is 0 Å². The van der Waals surface area contributed by atoms with Gasteiger partial charge in [0.05, 0.1) is 6.10 Å². The molecule has 0 unspecified atom stereocenters. The predicted octanol–water partition coefficient (Wildman–Crippen LogP) is 0.997. The minimum Gasteiger partial charge on any atom is -0.273 e. The van der Waals surface area contributed by atoms with Crippen LogP contribution in [0.15, 0.2) is 0 Å². The molecule has 0 radical (unpaired) electrons. The minimum atomic E-state index is 0.0805. The molecule has 3 nitrogen and oxygen atoms in total. The summed E-state index contributed by atoms with van der Waals surface area (Å²) in [5.74, 6) is 0.340. The molecular weight excluding hydrogens is 142 g/mol. The van der Waals surface area contributed by atoms with Crippen molar-refractivity contribution in [2.24, 2.45) is 5.92 Å². The highest BCUT2D eigenvalue weighted by Crippen LogP contribution is 2.29. The van der Waals surface area contributed by atoms with Gasteiger partial charge in [0.15, 0.2) is 0 Å². The number of hydrogen-bond acceptors (Lipinski definition) is 2. The van der Waals surface area contributed by atoms with Gasteiger partial charge in [-0.15, -0.1) is 0 Å². The number of carbonyl (C=O) groups excluding carboxylic acids is 1. The third kappa shape index (κ3) is 1.71. The SMILES string of the molecule is O=C(NOC1CCC1)C1CC1. The molecule has 62 valence electrons. The summed E-state index contributed by atoms with van der Waals surface area (Å²) in [7, 11) is 0. The van der Waals surface area contributed by atoms with Crippen molar-refractivity contribution in [2.75, 3.05) is 0 Å². The summed E-state index contributed by atoms with van der Waals surface area (Å²) in [6, 6.07) is 0. The second kappa shape index (κ2) is 2.81. The molecule has 3 heteroatoms. The van der Waals surface area contributed by atoms with E-state index >= 15 is 0 Å². The highest BCUT2D eigenvalue weighted by Gasteiger charge is 2.30. The van der Waals surface area contributed by atoms with E-state index in [1.54, 1.807) is 0 Å². The first kappa shape index (κ1) is 7.10. The van der Waals surface area contributed by atoms with Crippen LogP contribution in [0.3, 0.4) is 0 Å². The Bertz CT molecular complexity index is 161. The summed E-state index contributed by atoms with van der Waals surface area (Å²) in [6.45, 7) is 0. The molecular formula is C8H13NO2. The zero-order chi connectivity index (χ0) is 7.68. The topological polar surface area (TPSA) is 38.3 Å². The van der Waals surface area contributed by atoms with Gasteiger partial charge in [-0.25, -0.2) is 5.48 Å². The van der Waals surface area contributed by atoms with Crippen molar-refractivity contribution in [1.29, 1.82) is 0 Å². The van der Waals surface area contributed by atoms with Gasteiger partial charge in [-0.05, 0) is 32.1 Å². The van der Waals surface area contributed by atoms with Gasteiger partial charge >= 0.3 is 0 Å². The summed E-state index contributed by atoms with van der Waals surface area (Å²) >= 11 is 0. The second-order valence-electron chi connectivity index (χ2n) is 3.41. The van der Waals surface area contributed by atoms with Crippen molar-refractivity contribution >= 4 is 5.91 Å². The van der Waals surface area contributed by atoms with Gasteiger partial charge < -0.3 is 0 Å². The Morgan fingerprint density at radius 1 is 1.27 bits per heavy atom.